The molecule has 0 aliphatic heterocycles. The van der Waals surface area contributed by atoms with Crippen molar-refractivity contribution in [3.8, 4) is 61.3 Å². The van der Waals surface area contributed by atoms with E-state index in [0.717, 1.165) is 0 Å². The van der Waals surface area contributed by atoms with Crippen molar-refractivity contribution in [3.05, 3.63) is 257 Å². The first kappa shape index (κ1) is 41.1. The van der Waals surface area contributed by atoms with E-state index in [9.17, 15) is 0 Å². The summed E-state index contributed by atoms with van der Waals surface area (Å²) < 4.78 is 2.43. The van der Waals surface area contributed by atoms with Crippen molar-refractivity contribution in [1.29, 1.82) is 0 Å². The molecule has 0 amide bonds. The van der Waals surface area contributed by atoms with Gasteiger partial charge in [0.1, 0.15) is 0 Å². The summed E-state index contributed by atoms with van der Waals surface area (Å²) in [7, 11) is 0. The van der Waals surface area contributed by atoms with Crippen LogP contribution in [0.2, 0.25) is 0 Å². The van der Waals surface area contributed by atoms with Crippen LogP contribution in [-0.4, -0.2) is 4.57 Å². The number of hydrogen-bond acceptors (Lipinski definition) is 0. The van der Waals surface area contributed by atoms with Gasteiger partial charge >= 0.3 is 0 Å². The Morgan fingerprint density at radius 1 is 0.342 bits per heavy atom. The fraction of sp³-hybridized carbons (Fsp3) is 0.111. The third-order valence-corrected chi connectivity index (χ3v) is 17.7. The van der Waals surface area contributed by atoms with Crippen LogP contribution < -0.4 is 0 Å². The quantitative estimate of drug-likeness (QED) is 0.156. The molecule has 1 heteroatoms. The number of aromatic nitrogens is 1. The lowest BCUT2D eigenvalue weighted by molar-refractivity contribution is 0.591. The molecule has 16 rings (SSSR count). The van der Waals surface area contributed by atoms with Crippen molar-refractivity contribution in [2.75, 3.05) is 0 Å². The van der Waals surface area contributed by atoms with Crippen molar-refractivity contribution in [2.45, 2.75) is 50.9 Å². The van der Waals surface area contributed by atoms with Crippen molar-refractivity contribution in [2.24, 2.45) is 0 Å². The summed E-state index contributed by atoms with van der Waals surface area (Å²) in [6.45, 7) is 11.8. The number of nitrogens with zero attached hydrogens (tertiary/aromatic N) is 1. The number of benzene rings is 12. The van der Waals surface area contributed by atoms with Gasteiger partial charge in [-0.25, -0.2) is 0 Å². The average Bonchev–Trinajstić information content (AvgIpc) is 4.20. The molecule has 0 fully saturated rings. The summed E-state index contributed by atoms with van der Waals surface area (Å²) >= 11 is 0. The van der Waals surface area contributed by atoms with Gasteiger partial charge in [-0.05, 0) is 181 Å². The SMILES string of the molecule is CC(C)(C)c1cc2ccc3cc4c(c5ccc(c1)c2c35)-c1ccc(-c2ccc3c(c2)C2(c5ccccc5-c5ccccc52)c2cc(-c5ccc6c7ccccc7n(-c7ccccc7)c6c5)ccc2-3)cc1C4(C)C. The minimum atomic E-state index is -0.497. The van der Waals surface area contributed by atoms with Gasteiger partial charge in [0, 0.05) is 21.9 Å². The van der Waals surface area contributed by atoms with Crippen LogP contribution in [0, 0.1) is 0 Å². The number of fused-ring (bicyclic) bond motifs is 17. The van der Waals surface area contributed by atoms with E-state index in [4.69, 9.17) is 0 Å². The van der Waals surface area contributed by atoms with Gasteiger partial charge in [0.15, 0.2) is 0 Å². The van der Waals surface area contributed by atoms with Crippen molar-refractivity contribution in [1.82, 2.24) is 4.57 Å². The van der Waals surface area contributed by atoms with E-state index in [1.807, 2.05) is 0 Å². The fourth-order valence-corrected chi connectivity index (χ4v) is 14.2. The standard InChI is InChI=1S/C72H51N/c1-70(2,3)49-35-46-23-24-48-40-64-69(58-34-29-47(36-49)67(46)68(48)58)57-33-28-42(37-61(57)71(64,4)5)43-25-30-53-54-31-26-44(39-63(54)72(62(53)38-43)59-20-12-9-17-51(59)52-18-10-13-21-60(52)72)45-27-32-56-55-19-11-14-22-65(55)73(66(56)41-45)50-15-7-6-8-16-50/h6-41H,1-5H3. The van der Waals surface area contributed by atoms with Crippen molar-refractivity contribution in [3.63, 3.8) is 0 Å². The van der Waals surface area contributed by atoms with Gasteiger partial charge in [-0.15, -0.1) is 0 Å². The second-order valence-electron chi connectivity index (χ2n) is 22.8. The van der Waals surface area contributed by atoms with E-state index in [1.165, 1.54) is 154 Å². The van der Waals surface area contributed by atoms with E-state index in [0.29, 0.717) is 0 Å². The Kier molecular flexibility index (Phi) is 7.96. The highest BCUT2D eigenvalue weighted by atomic mass is 15.0. The van der Waals surface area contributed by atoms with Crippen LogP contribution in [0.3, 0.4) is 0 Å². The van der Waals surface area contributed by atoms with E-state index in [1.54, 1.807) is 0 Å². The molecule has 3 aliphatic carbocycles. The molecule has 344 valence electrons. The molecule has 0 saturated heterocycles. The van der Waals surface area contributed by atoms with E-state index in [2.05, 4.69) is 258 Å². The molecule has 73 heavy (non-hydrogen) atoms. The lowest BCUT2D eigenvalue weighted by Gasteiger charge is -2.31. The summed E-state index contributed by atoms with van der Waals surface area (Å²) in [5.41, 5.74) is 25.6. The van der Waals surface area contributed by atoms with Gasteiger partial charge < -0.3 is 4.57 Å². The highest BCUT2D eigenvalue weighted by Crippen LogP contribution is 2.64. The molecule has 0 atom stereocenters. The van der Waals surface area contributed by atoms with Gasteiger partial charge in [-0.2, -0.15) is 0 Å². The number of rotatable bonds is 3. The lowest BCUT2D eigenvalue weighted by atomic mass is 9.70. The second-order valence-corrected chi connectivity index (χ2v) is 22.8. The first-order valence-electron chi connectivity index (χ1n) is 26.1. The summed E-state index contributed by atoms with van der Waals surface area (Å²) in [6, 6.07) is 83.9. The predicted molar refractivity (Wildman–Crippen MR) is 308 cm³/mol. The summed E-state index contributed by atoms with van der Waals surface area (Å²) in [5, 5.41) is 10.7. The highest BCUT2D eigenvalue weighted by Gasteiger charge is 2.52. The van der Waals surface area contributed by atoms with Crippen LogP contribution in [-0.2, 0) is 16.2 Å². The van der Waals surface area contributed by atoms with E-state index >= 15 is 0 Å². The Balaban J connectivity index is 0.873. The van der Waals surface area contributed by atoms with E-state index < -0.39 is 5.41 Å². The van der Waals surface area contributed by atoms with Crippen LogP contribution in [0.15, 0.2) is 218 Å². The number of hydrogen-bond donors (Lipinski definition) is 0. The molecule has 1 spiro atoms. The first-order valence-corrected chi connectivity index (χ1v) is 26.1. The normalized spacial score (nSPS) is 14.6. The van der Waals surface area contributed by atoms with Crippen LogP contribution >= 0.6 is 0 Å². The summed E-state index contributed by atoms with van der Waals surface area (Å²) in [5.74, 6) is 0. The van der Waals surface area contributed by atoms with Gasteiger partial charge in [-0.3, -0.25) is 0 Å². The second kappa shape index (κ2) is 14.1. The lowest BCUT2D eigenvalue weighted by Crippen LogP contribution is -2.26. The maximum Gasteiger partial charge on any atom is 0.0725 e. The molecule has 13 aromatic rings. The fourth-order valence-electron chi connectivity index (χ4n) is 14.2. The molecule has 1 heterocycles. The molecule has 0 saturated carbocycles. The molecule has 1 nitrogen and oxygen atoms in total. The predicted octanol–water partition coefficient (Wildman–Crippen LogP) is 19.0. The van der Waals surface area contributed by atoms with Crippen LogP contribution in [0.5, 0.6) is 0 Å². The third kappa shape index (κ3) is 5.31. The smallest absolute Gasteiger partial charge is 0.0725 e. The highest BCUT2D eigenvalue weighted by molar-refractivity contribution is 6.27. The zero-order valence-electron chi connectivity index (χ0n) is 41.7. The Morgan fingerprint density at radius 3 is 1.49 bits per heavy atom. The van der Waals surface area contributed by atoms with Crippen molar-refractivity contribution >= 4 is 54.1 Å². The summed E-state index contributed by atoms with van der Waals surface area (Å²) in [6.07, 6.45) is 0. The molecule has 0 radical (unpaired) electrons. The molecule has 3 aliphatic rings. The van der Waals surface area contributed by atoms with Gasteiger partial charge in [0.05, 0.1) is 16.4 Å². The van der Waals surface area contributed by atoms with Crippen molar-refractivity contribution < 1.29 is 0 Å². The van der Waals surface area contributed by atoms with Gasteiger partial charge in [-0.1, -0.05) is 204 Å². The zero-order chi connectivity index (χ0) is 48.7. The van der Waals surface area contributed by atoms with Gasteiger partial charge in [0.25, 0.3) is 0 Å². The molecule has 0 N–H and O–H groups in total. The Morgan fingerprint density at radius 2 is 0.836 bits per heavy atom. The average molecular weight is 930 g/mol. The molecule has 0 unspecified atom stereocenters. The Labute approximate surface area is 426 Å². The first-order chi connectivity index (χ1) is 35.6. The minimum absolute atomic E-state index is 0.0785. The van der Waals surface area contributed by atoms with Crippen LogP contribution in [0.4, 0.5) is 0 Å². The summed E-state index contributed by atoms with van der Waals surface area (Å²) in [4.78, 5) is 0. The molecule has 1 aromatic heterocycles. The maximum atomic E-state index is 2.55. The largest absolute Gasteiger partial charge is 0.309 e. The number of para-hydroxylation sites is 2. The molecule has 0 bridgehead atoms. The minimum Gasteiger partial charge on any atom is -0.309 e. The van der Waals surface area contributed by atoms with Crippen LogP contribution in [0.1, 0.15) is 73.6 Å². The third-order valence-electron chi connectivity index (χ3n) is 17.7. The molecular weight excluding hydrogens is 879 g/mol. The zero-order valence-corrected chi connectivity index (χ0v) is 41.7. The van der Waals surface area contributed by atoms with Crippen LogP contribution in [0.25, 0.3) is 115 Å². The maximum absolute atomic E-state index is 2.55. The topological polar surface area (TPSA) is 4.93 Å². The molecular formula is C72H51N. The van der Waals surface area contributed by atoms with Gasteiger partial charge in [0.2, 0.25) is 0 Å². The molecule has 12 aromatic carbocycles. The monoisotopic (exact) mass is 929 g/mol. The van der Waals surface area contributed by atoms with E-state index in [-0.39, 0.29) is 10.8 Å². The Hall–Kier alpha value is -8.52. The Bertz CT molecular complexity index is 4490.